The smallest absolute Gasteiger partial charge is 0.130 e. The van der Waals surface area contributed by atoms with Gasteiger partial charge in [0.1, 0.15) is 11.5 Å². The molecule has 4 bridgehead atoms. The Morgan fingerprint density at radius 1 is 0.528 bits per heavy atom. The zero-order valence-electron chi connectivity index (χ0n) is 20.3. The van der Waals surface area contributed by atoms with Crippen LogP contribution in [0.1, 0.15) is 52.7 Å². The van der Waals surface area contributed by atoms with Crippen LogP contribution in [0.25, 0.3) is 32.3 Å². The van der Waals surface area contributed by atoms with E-state index >= 15 is 0 Å². The lowest BCUT2D eigenvalue weighted by Crippen LogP contribution is -2.28. The van der Waals surface area contributed by atoms with Crippen molar-refractivity contribution in [3.8, 4) is 11.5 Å². The van der Waals surface area contributed by atoms with Gasteiger partial charge in [-0.1, -0.05) is 72.8 Å². The molecule has 9 rings (SSSR count). The van der Waals surface area contributed by atoms with Gasteiger partial charge in [-0.25, -0.2) is 0 Å². The molecule has 5 aromatic carbocycles. The maximum atomic E-state index is 7.00. The predicted octanol–water partition coefficient (Wildman–Crippen LogP) is 7.81. The Balaban J connectivity index is 1.33. The van der Waals surface area contributed by atoms with E-state index in [1.165, 1.54) is 43.8 Å². The van der Waals surface area contributed by atoms with Gasteiger partial charge in [-0.15, -0.1) is 0 Å². The first-order chi connectivity index (χ1) is 17.8. The summed E-state index contributed by atoms with van der Waals surface area (Å²) in [6.45, 7) is 0. The Morgan fingerprint density at radius 2 is 0.917 bits per heavy atom. The molecule has 2 aliphatic heterocycles. The number of hydrogen-bond donors (Lipinski definition) is 0. The highest BCUT2D eigenvalue weighted by Gasteiger charge is 2.66. The molecule has 6 atom stereocenters. The lowest BCUT2D eigenvalue weighted by Gasteiger charge is -2.37. The van der Waals surface area contributed by atoms with Gasteiger partial charge in [0.25, 0.3) is 0 Å². The van der Waals surface area contributed by atoms with Crippen LogP contribution in [0.15, 0.2) is 72.8 Å². The van der Waals surface area contributed by atoms with Crippen LogP contribution in [0.5, 0.6) is 11.5 Å². The average Bonchev–Trinajstić information content (AvgIpc) is 3.70. The van der Waals surface area contributed by atoms with E-state index in [1.54, 1.807) is 0 Å². The second-order valence-corrected chi connectivity index (χ2v) is 10.9. The highest BCUT2D eigenvalue weighted by molar-refractivity contribution is 6.11. The molecule has 0 aromatic heterocycles. The highest BCUT2D eigenvalue weighted by atomic mass is 16.5. The zero-order valence-corrected chi connectivity index (χ0v) is 20.3. The monoisotopic (exact) mass is 470 g/mol. The number of benzene rings is 5. The van der Waals surface area contributed by atoms with E-state index in [9.17, 15) is 0 Å². The van der Waals surface area contributed by atoms with Crippen molar-refractivity contribution in [3.63, 3.8) is 0 Å². The van der Waals surface area contributed by atoms with Crippen molar-refractivity contribution in [3.05, 3.63) is 95.1 Å². The van der Waals surface area contributed by atoms with Gasteiger partial charge < -0.3 is 14.2 Å². The molecule has 0 unspecified atom stereocenters. The fourth-order valence-corrected chi connectivity index (χ4v) is 8.83. The molecular formula is C33H26O3. The van der Waals surface area contributed by atoms with Crippen molar-refractivity contribution < 1.29 is 14.2 Å². The summed E-state index contributed by atoms with van der Waals surface area (Å²) in [6.07, 6.45) is 1.43. The normalized spacial score (nSPS) is 28.6. The summed E-state index contributed by atoms with van der Waals surface area (Å²) < 4.78 is 19.3. The minimum atomic E-state index is 0.134. The van der Waals surface area contributed by atoms with Crippen molar-refractivity contribution in [1.29, 1.82) is 0 Å². The molecule has 0 amide bonds. The van der Waals surface area contributed by atoms with Gasteiger partial charge in [-0.05, 0) is 50.9 Å². The molecule has 1 saturated heterocycles. The Bertz CT molecular complexity index is 1640. The van der Waals surface area contributed by atoms with Gasteiger partial charge in [-0.2, -0.15) is 0 Å². The van der Waals surface area contributed by atoms with Crippen molar-refractivity contribution >= 4 is 32.3 Å². The molecule has 0 spiro atoms. The quantitative estimate of drug-likeness (QED) is 0.246. The van der Waals surface area contributed by atoms with Crippen LogP contribution in [-0.2, 0) is 4.74 Å². The molecule has 0 N–H and O–H groups in total. The Labute approximate surface area is 209 Å². The van der Waals surface area contributed by atoms with E-state index in [-0.39, 0.29) is 12.2 Å². The molecule has 0 radical (unpaired) electrons. The van der Waals surface area contributed by atoms with Crippen molar-refractivity contribution in [2.24, 2.45) is 11.8 Å². The van der Waals surface area contributed by atoms with E-state index in [4.69, 9.17) is 14.2 Å². The maximum Gasteiger partial charge on any atom is 0.130 e. The van der Waals surface area contributed by atoms with Crippen LogP contribution in [0.3, 0.4) is 0 Å². The summed E-state index contributed by atoms with van der Waals surface area (Å²) >= 11 is 0. The van der Waals surface area contributed by atoms with Gasteiger partial charge >= 0.3 is 0 Å². The number of methoxy groups -OCH3 is 2. The molecule has 2 fully saturated rings. The molecular weight excluding hydrogens is 444 g/mol. The van der Waals surface area contributed by atoms with Crippen molar-refractivity contribution in [1.82, 2.24) is 0 Å². The SMILES string of the molecule is COc1c2c(c(OC)c3ccccc13)[C@@H]1C[C@H]2[C@@H]2[C@H]1[C@@H]1O[C@H]2c2c1c1ccccc1c1ccccc21. The summed E-state index contributed by atoms with van der Waals surface area (Å²) in [5.74, 6) is 3.89. The second kappa shape index (κ2) is 6.60. The van der Waals surface area contributed by atoms with Gasteiger partial charge in [0.2, 0.25) is 0 Å². The van der Waals surface area contributed by atoms with E-state index in [1.807, 2.05) is 14.2 Å². The van der Waals surface area contributed by atoms with Gasteiger partial charge in [0.15, 0.2) is 0 Å². The van der Waals surface area contributed by atoms with E-state index in [0.29, 0.717) is 23.7 Å². The molecule has 3 heteroatoms. The second-order valence-electron chi connectivity index (χ2n) is 10.9. The molecule has 5 aromatic rings. The lowest BCUT2D eigenvalue weighted by atomic mass is 9.65. The van der Waals surface area contributed by atoms with Gasteiger partial charge in [0, 0.05) is 33.7 Å². The van der Waals surface area contributed by atoms with Crippen LogP contribution in [0.2, 0.25) is 0 Å². The molecule has 2 aliphatic carbocycles. The zero-order chi connectivity index (χ0) is 23.7. The first kappa shape index (κ1) is 19.6. The average molecular weight is 471 g/mol. The Morgan fingerprint density at radius 3 is 1.33 bits per heavy atom. The van der Waals surface area contributed by atoms with E-state index < -0.39 is 0 Å². The summed E-state index contributed by atoms with van der Waals surface area (Å²) in [7, 11) is 3.65. The predicted molar refractivity (Wildman–Crippen MR) is 142 cm³/mol. The van der Waals surface area contributed by atoms with Crippen molar-refractivity contribution in [2.45, 2.75) is 30.5 Å². The molecule has 176 valence electrons. The molecule has 3 nitrogen and oxygen atoms in total. The molecule has 36 heavy (non-hydrogen) atoms. The summed E-state index contributed by atoms with van der Waals surface area (Å²) in [4.78, 5) is 0. The molecule has 2 heterocycles. The fourth-order valence-electron chi connectivity index (χ4n) is 8.83. The summed E-state index contributed by atoms with van der Waals surface area (Å²) in [6, 6.07) is 26.4. The maximum absolute atomic E-state index is 7.00. The first-order valence-electron chi connectivity index (χ1n) is 13.1. The lowest BCUT2D eigenvalue weighted by molar-refractivity contribution is 0.0463. The van der Waals surface area contributed by atoms with Crippen LogP contribution in [-0.4, -0.2) is 14.2 Å². The Hall–Kier alpha value is -3.56. The Kier molecular flexibility index (Phi) is 3.59. The van der Waals surface area contributed by atoms with Gasteiger partial charge in [0.05, 0.1) is 26.4 Å². The van der Waals surface area contributed by atoms with Crippen molar-refractivity contribution in [2.75, 3.05) is 14.2 Å². The summed E-state index contributed by atoms with van der Waals surface area (Å²) in [5, 5.41) is 7.72. The van der Waals surface area contributed by atoms with Crippen LogP contribution in [0.4, 0.5) is 0 Å². The third kappa shape index (κ3) is 2.05. The third-order valence-electron chi connectivity index (χ3n) is 9.80. The van der Waals surface area contributed by atoms with Gasteiger partial charge in [-0.3, -0.25) is 0 Å². The molecule has 1 saturated carbocycles. The first-order valence-corrected chi connectivity index (χ1v) is 13.1. The van der Waals surface area contributed by atoms with Crippen LogP contribution < -0.4 is 9.47 Å². The minimum Gasteiger partial charge on any atom is -0.496 e. The fraction of sp³-hybridized carbons (Fsp3) is 0.273. The highest BCUT2D eigenvalue weighted by Crippen LogP contribution is 2.76. The number of ether oxygens (including phenoxy) is 3. The number of hydrogen-bond acceptors (Lipinski definition) is 3. The number of rotatable bonds is 2. The summed E-state index contributed by atoms with van der Waals surface area (Å²) in [5.41, 5.74) is 5.64. The van der Waals surface area contributed by atoms with Crippen LogP contribution >= 0.6 is 0 Å². The van der Waals surface area contributed by atoms with Crippen LogP contribution in [0, 0.1) is 11.8 Å². The van der Waals surface area contributed by atoms with E-state index in [0.717, 1.165) is 28.7 Å². The standard InChI is InChI=1S/C33H26O3/c1-34-30-20-13-7-8-14-21(20)31(35-2)27-23-15-22(26(27)30)28-29(23)33-25-19-12-6-4-10-17(19)16-9-3-5-11-18(16)24(25)32(28)36-33/h3-14,22-23,28-29,32-33H,15H2,1-2H3/t22-,23+,28-,29+,32+,33-. The number of fused-ring (bicyclic) bond motifs is 21. The minimum absolute atomic E-state index is 0.134. The molecule has 4 aliphatic rings. The van der Waals surface area contributed by atoms with E-state index in [2.05, 4.69) is 72.8 Å². The third-order valence-corrected chi connectivity index (χ3v) is 9.80. The largest absolute Gasteiger partial charge is 0.496 e. The topological polar surface area (TPSA) is 27.7 Å².